The molecule has 0 bridgehead atoms. The second-order valence-corrected chi connectivity index (χ2v) is 15.5. The van der Waals surface area contributed by atoms with Crippen LogP contribution in [0.1, 0.15) is 70.3 Å². The molecule has 7 rings (SSSR count). The molecule has 3 amide bonds. The Labute approximate surface area is 257 Å². The van der Waals surface area contributed by atoms with Crippen molar-refractivity contribution in [1.29, 1.82) is 0 Å². The van der Waals surface area contributed by atoms with E-state index in [1.807, 2.05) is 24.1 Å². The number of benzene rings is 1. The summed E-state index contributed by atoms with van der Waals surface area (Å²) in [5, 5.41) is 3.43. The van der Waals surface area contributed by atoms with Crippen molar-refractivity contribution >= 4 is 46.7 Å². The third-order valence-corrected chi connectivity index (χ3v) is 11.9. The molecule has 3 aromatic rings. The van der Waals surface area contributed by atoms with E-state index in [1.54, 1.807) is 17.2 Å². The van der Waals surface area contributed by atoms with E-state index in [9.17, 15) is 33.1 Å². The lowest BCUT2D eigenvalue weighted by Crippen LogP contribution is -2.59. The summed E-state index contributed by atoms with van der Waals surface area (Å²) >= 11 is 1.16. The Morgan fingerprint density at radius 2 is 1.89 bits per heavy atom. The first kappa shape index (κ1) is 29.5. The largest absolute Gasteiger partial charge is 0.363 e. The van der Waals surface area contributed by atoms with Crippen LogP contribution in [0.3, 0.4) is 0 Å². The van der Waals surface area contributed by atoms with E-state index < -0.39 is 31.5 Å². The van der Waals surface area contributed by atoms with Gasteiger partial charge in [0.1, 0.15) is 12.1 Å². The molecule has 4 aliphatic rings. The molecule has 3 saturated heterocycles. The molecule has 3 aliphatic heterocycles. The predicted octanol–water partition coefficient (Wildman–Crippen LogP) is 4.26. The number of rotatable bonds is 6. The Balaban J connectivity index is 1.07. The second kappa shape index (κ2) is 11.0. The number of aryl methyl sites for hydroxylation is 1. The predicted molar refractivity (Wildman–Crippen MR) is 162 cm³/mol. The zero-order valence-electron chi connectivity index (χ0n) is 24.1. The summed E-state index contributed by atoms with van der Waals surface area (Å²) in [5.74, 6) is -2.05. The van der Waals surface area contributed by atoms with Gasteiger partial charge in [-0.3, -0.25) is 23.9 Å². The van der Waals surface area contributed by atoms with E-state index >= 15 is 0 Å². The number of likely N-dealkylation sites (tertiary alicyclic amines) is 1. The Morgan fingerprint density at radius 3 is 2.64 bits per heavy atom. The number of hydrogen-bond donors (Lipinski definition) is 3. The van der Waals surface area contributed by atoms with Crippen LogP contribution >= 0.6 is 18.9 Å². The molecule has 4 fully saturated rings. The molecular formula is C31H34FN4O6PS. The number of aromatic nitrogens is 1. The number of carbonyl (C=O) groups excluding carboxylic acids is 3. The number of thiophene rings is 1. The zero-order chi connectivity index (χ0) is 30.9. The number of carbonyl (C=O) groups is 3. The first-order valence-electron chi connectivity index (χ1n) is 15.0. The lowest BCUT2D eigenvalue weighted by Gasteiger charge is -2.43. The molecule has 6 atom stereocenters. The number of nitrogens with one attached hydrogen (secondary N) is 1. The summed E-state index contributed by atoms with van der Waals surface area (Å²) in [4.78, 5) is 67.9. The fourth-order valence-corrected chi connectivity index (χ4v) is 8.84. The van der Waals surface area contributed by atoms with Gasteiger partial charge in [-0.05, 0) is 97.2 Å². The first-order chi connectivity index (χ1) is 21.0. The molecule has 1 aromatic carbocycles. The molecule has 5 heterocycles. The van der Waals surface area contributed by atoms with E-state index in [4.69, 9.17) is 0 Å². The van der Waals surface area contributed by atoms with Gasteiger partial charge in [0.05, 0.1) is 4.88 Å². The Kier molecular flexibility index (Phi) is 7.39. The average molecular weight is 641 g/mol. The molecule has 44 heavy (non-hydrogen) atoms. The lowest BCUT2D eigenvalue weighted by molar-refractivity contribution is -0.149. The van der Waals surface area contributed by atoms with Crippen molar-refractivity contribution < 1.29 is 33.1 Å². The van der Waals surface area contributed by atoms with Crippen molar-refractivity contribution in [2.24, 2.45) is 11.8 Å². The number of alkyl halides is 1. The molecule has 0 spiro atoms. The molecule has 1 saturated carbocycles. The van der Waals surface area contributed by atoms with Crippen molar-refractivity contribution in [2.75, 3.05) is 13.1 Å². The van der Waals surface area contributed by atoms with Crippen molar-refractivity contribution in [3.63, 3.8) is 0 Å². The standard InChI is InChI=1S/C31H34FN4O6PS/c1-16-6-7-33-13-23(16)21-14-35(15-21)31(39)25-4-3-22-10-18-9-19(18)11-24(30(38)36(22)25)34-29(37)27-12-20-8-17(2-5-26(20)44-27)28(32)43(40,41)42/h2,5-8,12-13,18-19,21-22,24-25,28H,3-4,9-11,14-15H2,1H3,(H,34,37)(H2,40,41,42)/t18-,19+,22+,24-,25-,28?/m0/s1. The van der Waals surface area contributed by atoms with Crippen LogP contribution in [0, 0.1) is 18.8 Å². The number of nitrogens with zero attached hydrogens (tertiary/aromatic N) is 3. The number of amides is 3. The maximum Gasteiger partial charge on any atom is 0.363 e. The van der Waals surface area contributed by atoms with Gasteiger partial charge in [-0.1, -0.05) is 6.07 Å². The summed E-state index contributed by atoms with van der Waals surface area (Å²) in [7, 11) is -4.97. The number of pyridine rings is 1. The van der Waals surface area contributed by atoms with Crippen LogP contribution in [0.5, 0.6) is 0 Å². The molecular weight excluding hydrogens is 606 g/mol. The minimum atomic E-state index is -4.97. The fraction of sp³-hybridized carbons (Fsp3) is 0.484. The fourth-order valence-electron chi connectivity index (χ4n) is 7.35. The topological polar surface area (TPSA) is 140 Å². The van der Waals surface area contributed by atoms with Crippen LogP contribution in [-0.2, 0) is 14.2 Å². The van der Waals surface area contributed by atoms with E-state index in [2.05, 4.69) is 10.3 Å². The quantitative estimate of drug-likeness (QED) is 0.342. The van der Waals surface area contributed by atoms with Gasteiger partial charge >= 0.3 is 7.60 Å². The number of hydrogen-bond acceptors (Lipinski definition) is 6. The Bertz CT molecular complexity index is 1710. The number of fused-ring (bicyclic) bond motifs is 3. The lowest BCUT2D eigenvalue weighted by atomic mass is 9.89. The van der Waals surface area contributed by atoms with Crippen LogP contribution in [-0.4, -0.2) is 73.5 Å². The summed E-state index contributed by atoms with van der Waals surface area (Å²) < 4.78 is 26.3. The van der Waals surface area contributed by atoms with Crippen LogP contribution in [0.2, 0.25) is 0 Å². The summed E-state index contributed by atoms with van der Waals surface area (Å²) in [5.41, 5.74) is 2.14. The highest BCUT2D eigenvalue weighted by molar-refractivity contribution is 7.51. The minimum Gasteiger partial charge on any atom is -0.340 e. The van der Waals surface area contributed by atoms with E-state index in [0.29, 0.717) is 52.7 Å². The summed E-state index contributed by atoms with van der Waals surface area (Å²) in [6, 6.07) is 6.38. The third kappa shape index (κ3) is 5.36. The van der Waals surface area contributed by atoms with Crippen LogP contribution in [0.25, 0.3) is 10.1 Å². The van der Waals surface area contributed by atoms with E-state index in [-0.39, 0.29) is 29.3 Å². The normalized spacial score (nSPS) is 27.6. The number of halogens is 1. The molecule has 10 nitrogen and oxygen atoms in total. The van der Waals surface area contributed by atoms with E-state index in [0.717, 1.165) is 41.7 Å². The maximum atomic E-state index is 14.3. The van der Waals surface area contributed by atoms with Gasteiger partial charge in [0.15, 0.2) is 0 Å². The smallest absolute Gasteiger partial charge is 0.340 e. The minimum absolute atomic E-state index is 0.0192. The van der Waals surface area contributed by atoms with Crippen LogP contribution in [0.4, 0.5) is 4.39 Å². The van der Waals surface area contributed by atoms with Gasteiger partial charge in [-0.2, -0.15) is 0 Å². The zero-order valence-corrected chi connectivity index (χ0v) is 25.8. The molecule has 2 aromatic heterocycles. The monoisotopic (exact) mass is 640 g/mol. The maximum absolute atomic E-state index is 14.3. The molecule has 232 valence electrons. The first-order valence-corrected chi connectivity index (χ1v) is 17.5. The highest BCUT2D eigenvalue weighted by Crippen LogP contribution is 2.53. The van der Waals surface area contributed by atoms with Gasteiger partial charge in [-0.25, -0.2) is 4.39 Å². The van der Waals surface area contributed by atoms with Crippen LogP contribution in [0.15, 0.2) is 42.7 Å². The Hall–Kier alpha value is -3.18. The third-order valence-electron chi connectivity index (χ3n) is 9.87. The summed E-state index contributed by atoms with van der Waals surface area (Å²) in [6.45, 7) is 3.25. The summed E-state index contributed by atoms with van der Waals surface area (Å²) in [6.07, 6.45) is 7.44. The highest BCUT2D eigenvalue weighted by Gasteiger charge is 2.52. The molecule has 3 N–H and O–H groups in total. The van der Waals surface area contributed by atoms with Crippen molar-refractivity contribution in [3.8, 4) is 0 Å². The van der Waals surface area contributed by atoms with Crippen molar-refractivity contribution in [2.45, 2.75) is 69.0 Å². The van der Waals surface area contributed by atoms with Gasteiger partial charge < -0.3 is 24.9 Å². The van der Waals surface area contributed by atoms with Crippen molar-refractivity contribution in [1.82, 2.24) is 20.1 Å². The second-order valence-electron chi connectivity index (χ2n) is 12.8. The molecule has 1 unspecified atom stereocenters. The SMILES string of the molecule is Cc1ccncc1C1CN(C(=O)[C@@H]2CC[C@@H]3C[C@@H]4C[C@@H]4C[C@H](NC(=O)c4cc5cc(C(F)P(=O)(O)O)ccc5s4)C(=O)N32)C1. The highest BCUT2D eigenvalue weighted by atomic mass is 32.1. The van der Waals surface area contributed by atoms with Crippen molar-refractivity contribution in [3.05, 3.63) is 64.3 Å². The van der Waals surface area contributed by atoms with Gasteiger partial charge in [0.2, 0.25) is 17.7 Å². The molecule has 0 radical (unpaired) electrons. The molecule has 13 heteroatoms. The van der Waals surface area contributed by atoms with Gasteiger partial charge in [0.25, 0.3) is 5.91 Å². The van der Waals surface area contributed by atoms with E-state index in [1.165, 1.54) is 18.2 Å². The Morgan fingerprint density at radius 1 is 1.11 bits per heavy atom. The van der Waals surface area contributed by atoms with Gasteiger partial charge in [0, 0.05) is 42.1 Å². The average Bonchev–Trinajstić information content (AvgIpc) is 3.33. The van der Waals surface area contributed by atoms with Gasteiger partial charge in [-0.15, -0.1) is 11.3 Å². The van der Waals surface area contributed by atoms with Crippen LogP contribution < -0.4 is 5.32 Å². The molecule has 1 aliphatic carbocycles.